The normalized spacial score (nSPS) is 11.0. The second-order valence-electron chi connectivity index (χ2n) is 4.48. The van der Waals surface area contributed by atoms with E-state index in [4.69, 9.17) is 16.0 Å². The molecule has 0 amide bonds. The van der Waals surface area contributed by atoms with Crippen molar-refractivity contribution in [3.05, 3.63) is 53.3 Å². The predicted molar refractivity (Wildman–Crippen MR) is 83.6 cm³/mol. The van der Waals surface area contributed by atoms with Crippen molar-refractivity contribution in [1.29, 1.82) is 0 Å². The molecule has 0 aliphatic rings. The summed E-state index contributed by atoms with van der Waals surface area (Å²) in [5.74, 6) is 1.27. The first-order chi connectivity index (χ1) is 10.2. The Morgan fingerprint density at radius 3 is 3.05 bits per heavy atom. The van der Waals surface area contributed by atoms with Crippen LogP contribution in [0.2, 0.25) is 5.02 Å². The van der Waals surface area contributed by atoms with Crippen LogP contribution in [0.15, 0.2) is 41.1 Å². The molecule has 3 rings (SSSR count). The molecule has 0 N–H and O–H groups in total. The van der Waals surface area contributed by atoms with Crippen molar-refractivity contribution in [2.24, 2.45) is 0 Å². The average Bonchev–Trinajstić information content (AvgIpc) is 3.10. The predicted octanol–water partition coefficient (Wildman–Crippen LogP) is 3.57. The molecule has 0 radical (unpaired) electrons. The van der Waals surface area contributed by atoms with Gasteiger partial charge in [0.15, 0.2) is 5.76 Å². The number of oxazole rings is 1. The van der Waals surface area contributed by atoms with E-state index in [-0.39, 0.29) is 0 Å². The molecule has 108 valence electrons. The summed E-state index contributed by atoms with van der Waals surface area (Å²) in [6, 6.07) is 7.47. The smallest absolute Gasteiger partial charge is 0.216 e. The van der Waals surface area contributed by atoms with Crippen molar-refractivity contribution in [2.75, 3.05) is 5.33 Å². The molecule has 3 aromatic rings. The van der Waals surface area contributed by atoms with Crippen LogP contribution in [0, 0.1) is 0 Å². The quantitative estimate of drug-likeness (QED) is 0.647. The fraction of sp³-hybridized carbons (Fsp3) is 0.214. The monoisotopic (exact) mass is 366 g/mol. The third-order valence-electron chi connectivity index (χ3n) is 2.90. The summed E-state index contributed by atoms with van der Waals surface area (Å²) in [5.41, 5.74) is 1.84. The van der Waals surface area contributed by atoms with Gasteiger partial charge in [0.1, 0.15) is 6.54 Å². The first-order valence-corrected chi connectivity index (χ1v) is 7.90. The van der Waals surface area contributed by atoms with E-state index >= 15 is 0 Å². The van der Waals surface area contributed by atoms with E-state index in [1.54, 1.807) is 10.9 Å². The Kier molecular flexibility index (Phi) is 4.36. The second-order valence-corrected chi connectivity index (χ2v) is 5.70. The molecule has 2 heterocycles. The Bertz CT molecular complexity index is 740. The maximum absolute atomic E-state index is 5.98. The molecule has 2 aromatic heterocycles. The van der Waals surface area contributed by atoms with Gasteiger partial charge in [-0.25, -0.2) is 9.67 Å². The highest BCUT2D eigenvalue weighted by atomic mass is 79.9. The lowest BCUT2D eigenvalue weighted by Gasteiger charge is -1.97. The number of rotatable bonds is 5. The van der Waals surface area contributed by atoms with Crippen LogP contribution in [-0.4, -0.2) is 25.3 Å². The van der Waals surface area contributed by atoms with Crippen LogP contribution in [0.1, 0.15) is 11.6 Å². The van der Waals surface area contributed by atoms with E-state index in [1.807, 2.05) is 30.5 Å². The minimum Gasteiger partial charge on any atom is -0.439 e. The molecule has 0 saturated heterocycles. The summed E-state index contributed by atoms with van der Waals surface area (Å²) in [6.45, 7) is 0.454. The zero-order chi connectivity index (χ0) is 14.7. The van der Waals surface area contributed by atoms with Gasteiger partial charge in [-0.05, 0) is 12.1 Å². The van der Waals surface area contributed by atoms with Gasteiger partial charge >= 0.3 is 0 Å². The third-order valence-corrected chi connectivity index (χ3v) is 3.53. The van der Waals surface area contributed by atoms with Crippen molar-refractivity contribution in [3.63, 3.8) is 0 Å². The molecule has 0 unspecified atom stereocenters. The fourth-order valence-corrected chi connectivity index (χ4v) is 2.52. The van der Waals surface area contributed by atoms with Crippen LogP contribution < -0.4 is 0 Å². The number of alkyl halides is 1. The van der Waals surface area contributed by atoms with E-state index in [2.05, 4.69) is 31.2 Å². The lowest BCUT2D eigenvalue weighted by atomic mass is 10.2. The van der Waals surface area contributed by atoms with Crippen molar-refractivity contribution >= 4 is 27.5 Å². The Hall–Kier alpha value is -1.66. The first-order valence-electron chi connectivity index (χ1n) is 6.40. The number of halogens is 2. The summed E-state index contributed by atoms with van der Waals surface area (Å²) in [6.07, 6.45) is 4.43. The Balaban J connectivity index is 1.75. The van der Waals surface area contributed by atoms with Gasteiger partial charge in [0.2, 0.25) is 5.89 Å². The molecule has 21 heavy (non-hydrogen) atoms. The first kappa shape index (κ1) is 14.3. The fourth-order valence-electron chi connectivity index (χ4n) is 1.92. The highest BCUT2D eigenvalue weighted by Gasteiger charge is 2.09. The van der Waals surface area contributed by atoms with Crippen LogP contribution in [0.3, 0.4) is 0 Å². The second kappa shape index (κ2) is 6.41. The molecule has 0 atom stereocenters. The average molecular weight is 368 g/mol. The number of benzene rings is 1. The maximum Gasteiger partial charge on any atom is 0.216 e. The van der Waals surface area contributed by atoms with Gasteiger partial charge < -0.3 is 4.42 Å². The SMILES string of the molecule is Clc1cccc(-c2cnc(Cn3cc(CCBr)nn3)o2)c1. The molecule has 5 nitrogen and oxygen atoms in total. The number of hydrogen-bond acceptors (Lipinski definition) is 4. The number of hydrogen-bond donors (Lipinski definition) is 0. The van der Waals surface area contributed by atoms with Crippen LogP contribution in [0.25, 0.3) is 11.3 Å². The lowest BCUT2D eigenvalue weighted by molar-refractivity contribution is 0.469. The molecule has 0 saturated carbocycles. The third kappa shape index (κ3) is 3.51. The van der Waals surface area contributed by atoms with Gasteiger partial charge in [-0.2, -0.15) is 0 Å². The summed E-state index contributed by atoms with van der Waals surface area (Å²) in [5, 5.41) is 9.66. The van der Waals surface area contributed by atoms with Crippen LogP contribution in [-0.2, 0) is 13.0 Å². The van der Waals surface area contributed by atoms with E-state index in [0.717, 1.165) is 23.0 Å². The highest BCUT2D eigenvalue weighted by Crippen LogP contribution is 2.23. The summed E-state index contributed by atoms with van der Waals surface area (Å²) < 4.78 is 7.44. The Labute approximate surface area is 135 Å². The summed E-state index contributed by atoms with van der Waals surface area (Å²) in [4.78, 5) is 4.27. The van der Waals surface area contributed by atoms with Crippen molar-refractivity contribution < 1.29 is 4.42 Å². The van der Waals surface area contributed by atoms with Crippen molar-refractivity contribution in [3.8, 4) is 11.3 Å². The lowest BCUT2D eigenvalue weighted by Crippen LogP contribution is -2.00. The molecule has 0 spiro atoms. The molecule has 0 fully saturated rings. The number of nitrogens with zero attached hydrogens (tertiary/aromatic N) is 4. The zero-order valence-electron chi connectivity index (χ0n) is 11.0. The van der Waals surface area contributed by atoms with Gasteiger partial charge in [-0.15, -0.1) is 5.10 Å². The number of aryl methyl sites for hydroxylation is 1. The zero-order valence-corrected chi connectivity index (χ0v) is 13.4. The molecule has 0 bridgehead atoms. The van der Waals surface area contributed by atoms with Gasteiger partial charge in [0, 0.05) is 28.5 Å². The van der Waals surface area contributed by atoms with E-state index in [1.165, 1.54) is 0 Å². The van der Waals surface area contributed by atoms with E-state index in [0.29, 0.717) is 23.2 Å². The van der Waals surface area contributed by atoms with Crippen LogP contribution in [0.4, 0.5) is 0 Å². The molecular formula is C14H12BrClN4O. The van der Waals surface area contributed by atoms with E-state index < -0.39 is 0 Å². The van der Waals surface area contributed by atoms with Crippen LogP contribution >= 0.6 is 27.5 Å². The molecule has 1 aromatic carbocycles. The van der Waals surface area contributed by atoms with Gasteiger partial charge in [-0.1, -0.05) is 44.9 Å². The summed E-state index contributed by atoms with van der Waals surface area (Å²) >= 11 is 9.35. The standard InChI is InChI=1S/C14H12BrClN4O/c15-5-4-12-8-20(19-18-12)9-14-17-7-13(21-14)10-2-1-3-11(16)6-10/h1-3,6-8H,4-5,9H2. The topological polar surface area (TPSA) is 56.7 Å². The highest BCUT2D eigenvalue weighted by molar-refractivity contribution is 9.09. The number of aromatic nitrogens is 4. The van der Waals surface area contributed by atoms with Gasteiger partial charge in [0.25, 0.3) is 0 Å². The Morgan fingerprint density at radius 1 is 1.33 bits per heavy atom. The Morgan fingerprint density at radius 2 is 2.24 bits per heavy atom. The maximum atomic E-state index is 5.98. The van der Waals surface area contributed by atoms with Gasteiger partial charge in [-0.3, -0.25) is 0 Å². The minimum absolute atomic E-state index is 0.454. The van der Waals surface area contributed by atoms with Crippen molar-refractivity contribution in [1.82, 2.24) is 20.0 Å². The molecular weight excluding hydrogens is 356 g/mol. The van der Waals surface area contributed by atoms with Crippen molar-refractivity contribution in [2.45, 2.75) is 13.0 Å². The summed E-state index contributed by atoms with van der Waals surface area (Å²) in [7, 11) is 0. The van der Waals surface area contributed by atoms with E-state index in [9.17, 15) is 0 Å². The molecule has 0 aliphatic carbocycles. The molecule has 0 aliphatic heterocycles. The minimum atomic E-state index is 0.454. The largest absolute Gasteiger partial charge is 0.439 e. The van der Waals surface area contributed by atoms with Crippen LogP contribution in [0.5, 0.6) is 0 Å². The molecule has 7 heteroatoms. The van der Waals surface area contributed by atoms with Gasteiger partial charge in [0.05, 0.1) is 11.9 Å².